The van der Waals surface area contributed by atoms with Gasteiger partial charge >= 0.3 is 0 Å². The number of aromatic nitrogens is 2. The number of imidazole rings is 1. The molecule has 0 aliphatic rings. The number of benzene rings is 2. The Balaban J connectivity index is 1.62. The predicted molar refractivity (Wildman–Crippen MR) is 102 cm³/mol. The number of nitrogens with one attached hydrogen (secondary N) is 3. The molecule has 0 fully saturated rings. The van der Waals surface area contributed by atoms with Crippen LogP contribution in [0.2, 0.25) is 0 Å². The summed E-state index contributed by atoms with van der Waals surface area (Å²) in [5.41, 5.74) is 5.10. The summed E-state index contributed by atoms with van der Waals surface area (Å²) in [6.45, 7) is 5.75. The molecule has 1 aromatic heterocycles. The Morgan fingerprint density at radius 1 is 1.16 bits per heavy atom. The van der Waals surface area contributed by atoms with Crippen LogP contribution in [0.1, 0.15) is 30.3 Å². The lowest BCUT2D eigenvalue weighted by Gasteiger charge is -2.11. The number of aryl methyl sites for hydroxylation is 2. The van der Waals surface area contributed by atoms with Crippen LogP contribution in [0.5, 0.6) is 0 Å². The molecule has 0 saturated heterocycles. The maximum Gasteiger partial charge on any atom is 0.224 e. The van der Waals surface area contributed by atoms with Crippen LogP contribution in [0.15, 0.2) is 42.5 Å². The third-order valence-electron chi connectivity index (χ3n) is 4.21. The van der Waals surface area contributed by atoms with Crippen LogP contribution in [0.25, 0.3) is 11.0 Å². The number of para-hydroxylation sites is 2. The highest BCUT2D eigenvalue weighted by Crippen LogP contribution is 2.17. The standard InChI is InChI=1S/C20H24N4O/c1-3-21-13-15-8-4-5-9-16(15)23-19(25)12-11-18-22-17-10-6-7-14(2)20(17)24-18/h4-10,21H,3,11-13H2,1-2H3,(H,22,24)(H,23,25). The van der Waals surface area contributed by atoms with Crippen LogP contribution in [-0.2, 0) is 17.8 Å². The summed E-state index contributed by atoms with van der Waals surface area (Å²) >= 11 is 0. The van der Waals surface area contributed by atoms with E-state index in [1.54, 1.807) is 0 Å². The first-order valence-corrected chi connectivity index (χ1v) is 8.70. The van der Waals surface area contributed by atoms with E-state index in [0.29, 0.717) is 12.8 Å². The molecule has 0 aliphatic heterocycles. The van der Waals surface area contributed by atoms with Crippen LogP contribution in [0, 0.1) is 6.92 Å². The van der Waals surface area contributed by atoms with Crippen molar-refractivity contribution in [2.75, 3.05) is 11.9 Å². The molecule has 3 aromatic rings. The predicted octanol–water partition coefficient (Wildman–Crippen LogP) is 3.55. The Labute approximate surface area is 147 Å². The lowest BCUT2D eigenvalue weighted by Crippen LogP contribution is -2.17. The number of H-pyrrole nitrogens is 1. The van der Waals surface area contributed by atoms with Crippen molar-refractivity contribution >= 4 is 22.6 Å². The molecule has 0 aliphatic carbocycles. The van der Waals surface area contributed by atoms with Gasteiger partial charge in [-0.3, -0.25) is 4.79 Å². The Bertz CT molecular complexity index is 869. The molecule has 0 spiro atoms. The lowest BCUT2D eigenvalue weighted by atomic mass is 10.1. The average Bonchev–Trinajstić information content (AvgIpc) is 3.04. The first-order valence-electron chi connectivity index (χ1n) is 8.70. The molecule has 1 amide bonds. The minimum atomic E-state index is 0.00104. The van der Waals surface area contributed by atoms with Gasteiger partial charge in [0.2, 0.25) is 5.91 Å². The molecule has 25 heavy (non-hydrogen) atoms. The molecule has 5 heteroatoms. The first-order chi connectivity index (χ1) is 12.2. The van der Waals surface area contributed by atoms with E-state index in [2.05, 4.69) is 27.5 Å². The van der Waals surface area contributed by atoms with Gasteiger partial charge < -0.3 is 15.6 Å². The van der Waals surface area contributed by atoms with E-state index in [1.165, 1.54) is 0 Å². The zero-order chi connectivity index (χ0) is 17.6. The first kappa shape index (κ1) is 17.2. The van der Waals surface area contributed by atoms with Gasteiger partial charge in [-0.25, -0.2) is 4.98 Å². The SMILES string of the molecule is CCNCc1ccccc1NC(=O)CCc1nc2c(C)cccc2[nH]1. The van der Waals surface area contributed by atoms with Gasteiger partial charge in [-0.2, -0.15) is 0 Å². The van der Waals surface area contributed by atoms with Gasteiger partial charge in [0, 0.05) is 25.1 Å². The van der Waals surface area contributed by atoms with E-state index in [1.807, 2.05) is 49.4 Å². The topological polar surface area (TPSA) is 69.8 Å². The normalized spacial score (nSPS) is 11.0. The monoisotopic (exact) mass is 336 g/mol. The molecule has 3 rings (SSSR count). The van der Waals surface area contributed by atoms with Gasteiger partial charge in [0.1, 0.15) is 5.82 Å². The number of rotatable bonds is 7. The third kappa shape index (κ3) is 4.25. The highest BCUT2D eigenvalue weighted by molar-refractivity contribution is 5.91. The lowest BCUT2D eigenvalue weighted by molar-refractivity contribution is -0.116. The van der Waals surface area contributed by atoms with Crippen molar-refractivity contribution in [2.24, 2.45) is 0 Å². The highest BCUT2D eigenvalue weighted by Gasteiger charge is 2.09. The molecule has 2 aromatic carbocycles. The summed E-state index contributed by atoms with van der Waals surface area (Å²) in [6.07, 6.45) is 0.990. The van der Waals surface area contributed by atoms with E-state index in [4.69, 9.17) is 0 Å². The molecule has 3 N–H and O–H groups in total. The number of carbonyl (C=O) groups is 1. The zero-order valence-corrected chi connectivity index (χ0v) is 14.7. The van der Waals surface area contributed by atoms with Crippen molar-refractivity contribution in [2.45, 2.75) is 33.2 Å². The van der Waals surface area contributed by atoms with Gasteiger partial charge in [-0.15, -0.1) is 0 Å². The van der Waals surface area contributed by atoms with Crippen molar-refractivity contribution < 1.29 is 4.79 Å². The van der Waals surface area contributed by atoms with Crippen molar-refractivity contribution in [3.63, 3.8) is 0 Å². The summed E-state index contributed by atoms with van der Waals surface area (Å²) in [5.74, 6) is 0.849. The molecule has 130 valence electrons. The number of hydrogen-bond acceptors (Lipinski definition) is 3. The molecule has 1 heterocycles. The van der Waals surface area contributed by atoms with E-state index >= 15 is 0 Å². The third-order valence-corrected chi connectivity index (χ3v) is 4.21. The van der Waals surface area contributed by atoms with Crippen LogP contribution in [0.4, 0.5) is 5.69 Å². The summed E-state index contributed by atoms with van der Waals surface area (Å²) in [4.78, 5) is 20.2. The number of carbonyl (C=O) groups excluding carboxylic acids is 1. The van der Waals surface area contributed by atoms with Gasteiger partial charge in [0.05, 0.1) is 11.0 Å². The van der Waals surface area contributed by atoms with Gasteiger partial charge in [0.25, 0.3) is 0 Å². The Morgan fingerprint density at radius 2 is 2.00 bits per heavy atom. The average molecular weight is 336 g/mol. The molecule has 0 bridgehead atoms. The second-order valence-electron chi connectivity index (χ2n) is 6.14. The Kier molecular flexibility index (Phi) is 5.46. The smallest absolute Gasteiger partial charge is 0.224 e. The zero-order valence-electron chi connectivity index (χ0n) is 14.7. The molecule has 0 radical (unpaired) electrons. The molecular formula is C20H24N4O. The second kappa shape index (κ2) is 7.94. The van der Waals surface area contributed by atoms with Crippen LogP contribution >= 0.6 is 0 Å². The number of anilines is 1. The quantitative estimate of drug-likeness (QED) is 0.618. The maximum atomic E-state index is 12.3. The molecular weight excluding hydrogens is 312 g/mol. The van der Waals surface area contributed by atoms with Crippen LogP contribution < -0.4 is 10.6 Å². The minimum absolute atomic E-state index is 0.00104. The van der Waals surface area contributed by atoms with E-state index in [-0.39, 0.29) is 5.91 Å². The number of aromatic amines is 1. The second-order valence-corrected chi connectivity index (χ2v) is 6.14. The fourth-order valence-electron chi connectivity index (χ4n) is 2.85. The Morgan fingerprint density at radius 3 is 2.80 bits per heavy atom. The number of nitrogens with zero attached hydrogens (tertiary/aromatic N) is 1. The summed E-state index contributed by atoms with van der Waals surface area (Å²) < 4.78 is 0. The van der Waals surface area contributed by atoms with Crippen molar-refractivity contribution in [1.82, 2.24) is 15.3 Å². The number of amides is 1. The van der Waals surface area contributed by atoms with Gasteiger partial charge in [0.15, 0.2) is 0 Å². The van der Waals surface area contributed by atoms with E-state index in [0.717, 1.165) is 46.8 Å². The van der Waals surface area contributed by atoms with E-state index in [9.17, 15) is 4.79 Å². The van der Waals surface area contributed by atoms with E-state index < -0.39 is 0 Å². The number of fused-ring (bicyclic) bond motifs is 1. The molecule has 0 unspecified atom stereocenters. The summed E-state index contributed by atoms with van der Waals surface area (Å²) in [6, 6.07) is 14.0. The largest absolute Gasteiger partial charge is 0.342 e. The van der Waals surface area contributed by atoms with Crippen molar-refractivity contribution in [3.8, 4) is 0 Å². The molecule has 5 nitrogen and oxygen atoms in total. The fraction of sp³-hybridized carbons (Fsp3) is 0.300. The van der Waals surface area contributed by atoms with Gasteiger partial charge in [-0.1, -0.05) is 37.3 Å². The highest BCUT2D eigenvalue weighted by atomic mass is 16.1. The van der Waals surface area contributed by atoms with Crippen LogP contribution in [-0.4, -0.2) is 22.4 Å². The fourth-order valence-corrected chi connectivity index (χ4v) is 2.85. The van der Waals surface area contributed by atoms with Crippen LogP contribution in [0.3, 0.4) is 0 Å². The Hall–Kier alpha value is -2.66. The van der Waals surface area contributed by atoms with Crippen molar-refractivity contribution in [3.05, 3.63) is 59.4 Å². The van der Waals surface area contributed by atoms with Crippen molar-refractivity contribution in [1.29, 1.82) is 0 Å². The number of hydrogen-bond donors (Lipinski definition) is 3. The molecule has 0 saturated carbocycles. The summed E-state index contributed by atoms with van der Waals surface area (Å²) in [7, 11) is 0. The molecule has 0 atom stereocenters. The van der Waals surface area contributed by atoms with Gasteiger partial charge in [-0.05, 0) is 36.7 Å². The minimum Gasteiger partial charge on any atom is -0.342 e. The summed E-state index contributed by atoms with van der Waals surface area (Å²) in [5, 5.41) is 6.30. The maximum absolute atomic E-state index is 12.3.